The Morgan fingerprint density at radius 3 is 2.06 bits per heavy atom. The summed E-state index contributed by atoms with van der Waals surface area (Å²) >= 11 is 0. The van der Waals surface area contributed by atoms with E-state index in [0.717, 1.165) is 55.4 Å². The molecule has 6 aromatic carbocycles. The third-order valence-electron chi connectivity index (χ3n) is 9.75. The summed E-state index contributed by atoms with van der Waals surface area (Å²) in [4.78, 5) is 2.37. The third-order valence-corrected chi connectivity index (χ3v) is 9.75. The number of hydrogen-bond acceptors (Lipinski definition) is 3. The lowest BCUT2D eigenvalue weighted by molar-refractivity contribution is 0.745. The number of aromatic nitrogens is 1. The van der Waals surface area contributed by atoms with Gasteiger partial charge in [-0.05, 0) is 70.8 Å². The number of nitrogens with zero attached hydrogens (tertiary/aromatic N) is 4. The molecule has 2 unspecified atom stereocenters. The van der Waals surface area contributed by atoms with Crippen LogP contribution in [-0.2, 0) is 0 Å². The molecule has 0 amide bonds. The first-order valence-corrected chi connectivity index (χ1v) is 16.1. The van der Waals surface area contributed by atoms with Crippen LogP contribution in [0.2, 0.25) is 0 Å². The third kappa shape index (κ3) is 4.21. The molecule has 9 rings (SSSR count). The van der Waals surface area contributed by atoms with Crippen molar-refractivity contribution in [3.8, 4) is 40.1 Å². The van der Waals surface area contributed by atoms with Crippen molar-refractivity contribution in [1.82, 2.24) is 4.57 Å². The molecular formula is C44H28N4. The zero-order chi connectivity index (χ0) is 32.2. The topological polar surface area (TPSA) is 55.8 Å². The van der Waals surface area contributed by atoms with Gasteiger partial charge in [-0.1, -0.05) is 109 Å². The molecule has 1 aromatic heterocycles. The molecule has 48 heavy (non-hydrogen) atoms. The number of anilines is 2. The van der Waals surface area contributed by atoms with Crippen molar-refractivity contribution >= 4 is 33.2 Å². The van der Waals surface area contributed by atoms with Crippen molar-refractivity contribution < 1.29 is 0 Å². The molecule has 4 heteroatoms. The molecule has 2 atom stereocenters. The van der Waals surface area contributed by atoms with E-state index in [1.54, 1.807) is 0 Å². The van der Waals surface area contributed by atoms with E-state index < -0.39 is 0 Å². The Balaban J connectivity index is 1.22. The van der Waals surface area contributed by atoms with Crippen LogP contribution in [0.3, 0.4) is 0 Å². The second-order valence-electron chi connectivity index (χ2n) is 12.4. The van der Waals surface area contributed by atoms with Gasteiger partial charge in [0, 0.05) is 33.6 Å². The summed E-state index contributed by atoms with van der Waals surface area (Å²) in [5, 5.41) is 22.9. The van der Waals surface area contributed by atoms with Crippen LogP contribution in [0.1, 0.15) is 22.6 Å². The van der Waals surface area contributed by atoms with E-state index in [0.29, 0.717) is 11.1 Å². The zero-order valence-corrected chi connectivity index (χ0v) is 26.0. The number of rotatable bonds is 4. The molecule has 0 spiro atoms. The highest BCUT2D eigenvalue weighted by molar-refractivity contribution is 6.10. The molecule has 4 nitrogen and oxygen atoms in total. The average molecular weight is 613 g/mol. The Hall–Kier alpha value is -6.62. The van der Waals surface area contributed by atoms with Crippen LogP contribution < -0.4 is 4.90 Å². The molecule has 0 saturated carbocycles. The van der Waals surface area contributed by atoms with Crippen LogP contribution in [0.25, 0.3) is 49.7 Å². The summed E-state index contributed by atoms with van der Waals surface area (Å²) in [6.45, 7) is 0. The van der Waals surface area contributed by atoms with Gasteiger partial charge in [0.05, 0.1) is 40.0 Å². The molecule has 2 aliphatic rings. The molecule has 1 aliphatic heterocycles. The lowest BCUT2D eigenvalue weighted by Crippen LogP contribution is -2.28. The first-order valence-electron chi connectivity index (χ1n) is 16.1. The molecule has 0 radical (unpaired) electrons. The minimum Gasteiger partial charge on any atom is -0.333 e. The maximum absolute atomic E-state index is 10.4. The van der Waals surface area contributed by atoms with Crippen LogP contribution in [-0.4, -0.2) is 10.6 Å². The van der Waals surface area contributed by atoms with E-state index in [9.17, 15) is 10.5 Å². The van der Waals surface area contributed by atoms with E-state index in [1.165, 1.54) is 11.3 Å². The predicted octanol–water partition coefficient (Wildman–Crippen LogP) is 10.6. The van der Waals surface area contributed by atoms with E-state index in [4.69, 9.17) is 0 Å². The molecule has 7 aromatic rings. The van der Waals surface area contributed by atoms with Gasteiger partial charge in [-0.25, -0.2) is 0 Å². The van der Waals surface area contributed by atoms with Crippen LogP contribution >= 0.6 is 0 Å². The number of nitriles is 2. The zero-order valence-electron chi connectivity index (χ0n) is 26.0. The first kappa shape index (κ1) is 27.7. The van der Waals surface area contributed by atoms with Gasteiger partial charge in [0.2, 0.25) is 0 Å². The van der Waals surface area contributed by atoms with Crippen molar-refractivity contribution in [2.75, 3.05) is 4.90 Å². The van der Waals surface area contributed by atoms with Crippen LogP contribution in [0.5, 0.6) is 0 Å². The van der Waals surface area contributed by atoms with E-state index in [1.807, 2.05) is 36.4 Å². The van der Waals surface area contributed by atoms with Gasteiger partial charge in [-0.3, -0.25) is 0 Å². The van der Waals surface area contributed by atoms with Gasteiger partial charge in [-0.15, -0.1) is 0 Å². The molecule has 0 saturated heterocycles. The fraction of sp³-hybridized carbons (Fsp3) is 0.0455. The molecule has 1 aliphatic carbocycles. The van der Waals surface area contributed by atoms with Gasteiger partial charge >= 0.3 is 0 Å². The van der Waals surface area contributed by atoms with Crippen LogP contribution in [0, 0.1) is 22.7 Å². The SMILES string of the molecule is N#Cc1cc(-c2cccc(-c3cccc(C#N)c3-n3c4ccccc4c4ccccc43)c2)cc(N2c3ccccc3C3C=CC=CC32)c1. The Kier molecular flexibility index (Phi) is 6.35. The normalized spacial score (nSPS) is 16.1. The van der Waals surface area contributed by atoms with E-state index >= 15 is 0 Å². The first-order chi connectivity index (χ1) is 23.7. The van der Waals surface area contributed by atoms with Crippen molar-refractivity contribution in [2.24, 2.45) is 0 Å². The molecule has 224 valence electrons. The highest BCUT2D eigenvalue weighted by atomic mass is 15.2. The standard InChI is InChI=1S/C44H28N4/c45-27-29-23-33(26-34(24-29)47-40-19-5-1-14-36(40)37-15-2-6-20-41(37)47)30-11-9-12-31(25-30)35-18-10-13-32(28-46)44(35)48-42-21-7-3-16-38(42)39-17-4-8-22-43(39)48/h1-26,36,40H. The summed E-state index contributed by atoms with van der Waals surface area (Å²) in [6, 6.07) is 50.9. The molecule has 0 N–H and O–H groups in total. The number of fused-ring (bicyclic) bond motifs is 6. The second kappa shape index (κ2) is 11.0. The Morgan fingerprint density at radius 2 is 1.27 bits per heavy atom. The van der Waals surface area contributed by atoms with Crippen molar-refractivity contribution in [2.45, 2.75) is 12.0 Å². The minimum atomic E-state index is 0.142. The van der Waals surface area contributed by atoms with Gasteiger partial charge in [0.15, 0.2) is 0 Å². The van der Waals surface area contributed by atoms with Crippen molar-refractivity contribution in [3.63, 3.8) is 0 Å². The summed E-state index contributed by atoms with van der Waals surface area (Å²) < 4.78 is 2.23. The molecule has 0 fully saturated rings. The van der Waals surface area contributed by atoms with Gasteiger partial charge in [0.25, 0.3) is 0 Å². The summed E-state index contributed by atoms with van der Waals surface area (Å²) in [5.74, 6) is 0.260. The van der Waals surface area contributed by atoms with Gasteiger partial charge in [-0.2, -0.15) is 10.5 Å². The summed E-state index contributed by atoms with van der Waals surface area (Å²) in [5.41, 5.74) is 11.6. The largest absolute Gasteiger partial charge is 0.333 e. The predicted molar refractivity (Wildman–Crippen MR) is 194 cm³/mol. The second-order valence-corrected chi connectivity index (χ2v) is 12.4. The van der Waals surface area contributed by atoms with E-state index in [2.05, 4.69) is 143 Å². The van der Waals surface area contributed by atoms with E-state index in [-0.39, 0.29) is 12.0 Å². The number of allylic oxidation sites excluding steroid dienone is 2. The number of hydrogen-bond donors (Lipinski definition) is 0. The summed E-state index contributed by atoms with van der Waals surface area (Å²) in [7, 11) is 0. The number of benzene rings is 6. The highest BCUT2D eigenvalue weighted by Crippen LogP contribution is 2.48. The lowest BCUT2D eigenvalue weighted by Gasteiger charge is -2.29. The van der Waals surface area contributed by atoms with Crippen molar-refractivity contribution in [3.05, 3.63) is 174 Å². The summed E-state index contributed by atoms with van der Waals surface area (Å²) in [6.07, 6.45) is 8.76. The fourth-order valence-corrected chi connectivity index (χ4v) is 7.71. The Bertz CT molecular complexity index is 2520. The quantitative estimate of drug-likeness (QED) is 0.199. The fourth-order valence-electron chi connectivity index (χ4n) is 7.71. The van der Waals surface area contributed by atoms with Crippen molar-refractivity contribution in [1.29, 1.82) is 10.5 Å². The average Bonchev–Trinajstić information content (AvgIpc) is 3.67. The smallest absolute Gasteiger partial charge is 0.101 e. The lowest BCUT2D eigenvalue weighted by atomic mass is 9.91. The Labute approximate surface area is 279 Å². The monoisotopic (exact) mass is 612 g/mol. The highest BCUT2D eigenvalue weighted by Gasteiger charge is 2.37. The molecule has 2 heterocycles. The molecule has 0 bridgehead atoms. The van der Waals surface area contributed by atoms with Gasteiger partial charge < -0.3 is 9.47 Å². The van der Waals surface area contributed by atoms with Gasteiger partial charge in [0.1, 0.15) is 6.07 Å². The van der Waals surface area contributed by atoms with Crippen LogP contribution in [0.4, 0.5) is 11.4 Å². The maximum Gasteiger partial charge on any atom is 0.101 e. The molecular weight excluding hydrogens is 585 g/mol. The van der Waals surface area contributed by atoms with Crippen LogP contribution in [0.15, 0.2) is 158 Å². The number of para-hydroxylation sites is 4. The minimum absolute atomic E-state index is 0.142. The Morgan fingerprint density at radius 1 is 0.562 bits per heavy atom. The maximum atomic E-state index is 10.4.